The minimum Gasteiger partial charge on any atom is -0.471 e. The summed E-state index contributed by atoms with van der Waals surface area (Å²) in [6.07, 6.45) is 1.72. The monoisotopic (exact) mass is 356 g/mol. The lowest BCUT2D eigenvalue weighted by Gasteiger charge is -2.09. The summed E-state index contributed by atoms with van der Waals surface area (Å²) in [6.45, 7) is 8.18. The zero-order chi connectivity index (χ0) is 18.0. The summed E-state index contributed by atoms with van der Waals surface area (Å²) < 4.78 is 7.36. The maximum Gasteiger partial charge on any atom is 0.277 e. The van der Waals surface area contributed by atoms with Crippen LogP contribution in [-0.4, -0.2) is 20.7 Å². The number of nitrogens with one attached hydrogen (secondary N) is 1. The van der Waals surface area contributed by atoms with E-state index in [0.29, 0.717) is 10.8 Å². The third-order valence-electron chi connectivity index (χ3n) is 3.81. The van der Waals surface area contributed by atoms with Crippen molar-refractivity contribution in [3.05, 3.63) is 57.9 Å². The highest BCUT2D eigenvalue weighted by Gasteiger charge is 2.13. The van der Waals surface area contributed by atoms with Gasteiger partial charge in [0.15, 0.2) is 17.6 Å². The molecule has 0 radical (unpaired) electrons. The average Bonchev–Trinajstić information content (AvgIpc) is 3.14. The highest BCUT2D eigenvalue weighted by atomic mass is 32.1. The van der Waals surface area contributed by atoms with Crippen LogP contribution in [0.2, 0.25) is 0 Å². The molecule has 0 saturated carbocycles. The van der Waals surface area contributed by atoms with Crippen LogP contribution in [0.15, 0.2) is 30.5 Å². The largest absolute Gasteiger partial charge is 0.471 e. The number of aryl methyl sites for hydroxylation is 4. The topological polar surface area (TPSA) is 69.0 Å². The number of carbonyl (C=O) groups is 1. The number of hydrogen-bond acceptors (Lipinski definition) is 5. The molecule has 0 aliphatic rings. The lowest BCUT2D eigenvalue weighted by molar-refractivity contribution is 0.102. The molecule has 7 heteroatoms. The first kappa shape index (κ1) is 17.2. The number of thiazole rings is 1. The van der Waals surface area contributed by atoms with Gasteiger partial charge in [-0.25, -0.2) is 9.67 Å². The molecule has 1 N–H and O–H groups in total. The van der Waals surface area contributed by atoms with E-state index in [1.54, 1.807) is 16.9 Å². The summed E-state index contributed by atoms with van der Waals surface area (Å²) in [4.78, 5) is 17.6. The van der Waals surface area contributed by atoms with Crippen LogP contribution in [0.5, 0.6) is 5.75 Å². The van der Waals surface area contributed by atoms with E-state index in [2.05, 4.69) is 21.5 Å². The molecule has 0 aliphatic heterocycles. The van der Waals surface area contributed by atoms with Crippen LogP contribution < -0.4 is 10.1 Å². The van der Waals surface area contributed by atoms with Gasteiger partial charge in [0, 0.05) is 11.1 Å². The Hall–Kier alpha value is -2.67. The minimum atomic E-state index is -0.279. The third-order valence-corrected chi connectivity index (χ3v) is 4.79. The van der Waals surface area contributed by atoms with Crippen LogP contribution in [0.25, 0.3) is 0 Å². The Kier molecular flexibility index (Phi) is 4.85. The zero-order valence-corrected chi connectivity index (χ0v) is 15.5. The van der Waals surface area contributed by atoms with Crippen molar-refractivity contribution < 1.29 is 9.53 Å². The van der Waals surface area contributed by atoms with E-state index in [4.69, 9.17) is 4.74 Å². The Morgan fingerprint density at radius 1 is 1.24 bits per heavy atom. The number of aromatic nitrogens is 3. The number of amides is 1. The Bertz CT molecular complexity index is 894. The molecule has 0 aliphatic carbocycles. The molecule has 0 atom stereocenters. The summed E-state index contributed by atoms with van der Waals surface area (Å²) >= 11 is 1.45. The Balaban J connectivity index is 1.62. The van der Waals surface area contributed by atoms with Crippen LogP contribution in [-0.2, 0) is 6.73 Å². The first-order chi connectivity index (χ1) is 11.9. The van der Waals surface area contributed by atoms with Gasteiger partial charge in [-0.1, -0.05) is 17.7 Å². The Morgan fingerprint density at radius 3 is 2.72 bits per heavy atom. The molecule has 1 amide bonds. The van der Waals surface area contributed by atoms with Crippen molar-refractivity contribution >= 4 is 22.4 Å². The van der Waals surface area contributed by atoms with Crippen molar-refractivity contribution in [3.63, 3.8) is 0 Å². The van der Waals surface area contributed by atoms with Crippen LogP contribution in [0.4, 0.5) is 5.13 Å². The summed E-state index contributed by atoms with van der Waals surface area (Å²) in [5.74, 6) is 0.528. The fourth-order valence-electron chi connectivity index (χ4n) is 2.34. The Morgan fingerprint density at radius 2 is 2.04 bits per heavy atom. The fraction of sp³-hybridized carbons (Fsp3) is 0.278. The summed E-state index contributed by atoms with van der Waals surface area (Å²) in [6, 6.07) is 7.67. The van der Waals surface area contributed by atoms with Gasteiger partial charge in [-0.15, -0.1) is 11.3 Å². The zero-order valence-electron chi connectivity index (χ0n) is 14.7. The number of benzene rings is 1. The van der Waals surface area contributed by atoms with Crippen molar-refractivity contribution in [1.82, 2.24) is 14.8 Å². The second-order valence-corrected chi connectivity index (χ2v) is 7.10. The maximum absolute atomic E-state index is 12.3. The van der Waals surface area contributed by atoms with Gasteiger partial charge in [0.25, 0.3) is 5.91 Å². The molecule has 25 heavy (non-hydrogen) atoms. The SMILES string of the molecule is Cc1ccc(OCn2ccc(C(=O)Nc3nc(C)c(C)s3)n2)c(C)c1. The van der Waals surface area contributed by atoms with Gasteiger partial charge in [-0.3, -0.25) is 10.1 Å². The van der Waals surface area contributed by atoms with Gasteiger partial charge in [-0.05, 0) is 45.4 Å². The summed E-state index contributed by atoms with van der Waals surface area (Å²) in [5.41, 5.74) is 3.51. The van der Waals surface area contributed by atoms with Gasteiger partial charge in [0.05, 0.1) is 5.69 Å². The van der Waals surface area contributed by atoms with Crippen molar-refractivity contribution in [1.29, 1.82) is 0 Å². The van der Waals surface area contributed by atoms with E-state index in [1.165, 1.54) is 16.9 Å². The molecule has 0 saturated heterocycles. The van der Waals surface area contributed by atoms with Crippen molar-refractivity contribution in [2.45, 2.75) is 34.4 Å². The van der Waals surface area contributed by atoms with E-state index < -0.39 is 0 Å². The standard InChI is InChI=1S/C18H20N4O2S/c1-11-5-6-16(12(2)9-11)24-10-22-8-7-15(21-22)17(23)20-18-19-13(3)14(4)25-18/h5-9H,10H2,1-4H3,(H,19,20,23). The molecule has 0 fully saturated rings. The highest BCUT2D eigenvalue weighted by molar-refractivity contribution is 7.15. The minimum absolute atomic E-state index is 0.243. The predicted molar refractivity (Wildman–Crippen MR) is 98.3 cm³/mol. The smallest absolute Gasteiger partial charge is 0.277 e. The molecule has 3 aromatic rings. The quantitative estimate of drug-likeness (QED) is 0.754. The Labute approximate surface area is 150 Å². The van der Waals surface area contributed by atoms with E-state index in [1.807, 2.05) is 39.8 Å². The highest BCUT2D eigenvalue weighted by Crippen LogP contribution is 2.22. The molecular formula is C18H20N4O2S. The van der Waals surface area contributed by atoms with Crippen molar-refractivity contribution in [2.75, 3.05) is 5.32 Å². The second kappa shape index (κ2) is 7.06. The maximum atomic E-state index is 12.3. The molecule has 0 unspecified atom stereocenters. The van der Waals surface area contributed by atoms with Gasteiger partial charge in [-0.2, -0.15) is 5.10 Å². The predicted octanol–water partition coefficient (Wildman–Crippen LogP) is 3.86. The van der Waals surface area contributed by atoms with E-state index in [9.17, 15) is 4.79 Å². The summed E-state index contributed by atoms with van der Waals surface area (Å²) in [7, 11) is 0. The van der Waals surface area contributed by atoms with Crippen molar-refractivity contribution in [2.24, 2.45) is 0 Å². The molecule has 0 spiro atoms. The molecule has 130 valence electrons. The number of nitrogens with zero attached hydrogens (tertiary/aromatic N) is 3. The molecule has 0 bridgehead atoms. The van der Waals surface area contributed by atoms with Gasteiger partial charge in [0.1, 0.15) is 5.75 Å². The molecule has 3 rings (SSSR count). The first-order valence-corrected chi connectivity index (χ1v) is 8.73. The molecule has 2 heterocycles. The first-order valence-electron chi connectivity index (χ1n) is 7.91. The van der Waals surface area contributed by atoms with Crippen molar-refractivity contribution in [3.8, 4) is 5.75 Å². The molecule has 1 aromatic carbocycles. The van der Waals surface area contributed by atoms with E-state index >= 15 is 0 Å². The van der Waals surface area contributed by atoms with E-state index in [-0.39, 0.29) is 12.6 Å². The second-order valence-electron chi connectivity index (χ2n) is 5.90. The van der Waals surface area contributed by atoms with Crippen LogP contribution in [0.1, 0.15) is 32.2 Å². The lowest BCUT2D eigenvalue weighted by atomic mass is 10.1. The lowest BCUT2D eigenvalue weighted by Crippen LogP contribution is -2.14. The fourth-order valence-corrected chi connectivity index (χ4v) is 3.15. The molecular weight excluding hydrogens is 336 g/mol. The third kappa shape index (κ3) is 4.06. The number of ether oxygens (including phenoxy) is 1. The van der Waals surface area contributed by atoms with Gasteiger partial charge >= 0.3 is 0 Å². The molecule has 2 aromatic heterocycles. The van der Waals surface area contributed by atoms with Gasteiger partial charge < -0.3 is 4.74 Å². The summed E-state index contributed by atoms with van der Waals surface area (Å²) in [5, 5.41) is 7.61. The number of anilines is 1. The van der Waals surface area contributed by atoms with Crippen LogP contribution >= 0.6 is 11.3 Å². The van der Waals surface area contributed by atoms with Crippen LogP contribution in [0.3, 0.4) is 0 Å². The number of carbonyl (C=O) groups excluding carboxylic acids is 1. The number of rotatable bonds is 5. The molecule has 6 nitrogen and oxygen atoms in total. The van der Waals surface area contributed by atoms with Crippen LogP contribution in [0, 0.1) is 27.7 Å². The average molecular weight is 356 g/mol. The normalized spacial score (nSPS) is 10.7. The number of hydrogen-bond donors (Lipinski definition) is 1. The van der Waals surface area contributed by atoms with E-state index in [0.717, 1.165) is 21.9 Å². The van der Waals surface area contributed by atoms with Gasteiger partial charge in [0.2, 0.25) is 0 Å².